The smallest absolute Gasteiger partial charge is 0.157 e. The summed E-state index contributed by atoms with van der Waals surface area (Å²) in [6.07, 6.45) is 7.66. The molecule has 2 fully saturated rings. The largest absolute Gasteiger partial charge is 0.360 e. The minimum absolute atomic E-state index is 0.272. The van der Waals surface area contributed by atoms with Crippen LogP contribution in [0.3, 0.4) is 0 Å². The molecule has 0 spiro atoms. The number of hydrogen-bond acceptors (Lipinski definition) is 2. The summed E-state index contributed by atoms with van der Waals surface area (Å²) in [4.78, 5) is 5.00. The van der Waals surface area contributed by atoms with Gasteiger partial charge in [0.25, 0.3) is 0 Å². The van der Waals surface area contributed by atoms with Crippen LogP contribution in [0.5, 0.6) is 0 Å². The molecule has 0 bridgehead atoms. The van der Waals surface area contributed by atoms with Crippen molar-refractivity contribution in [3.63, 3.8) is 0 Å². The fourth-order valence-electron chi connectivity index (χ4n) is 3.00. The zero-order valence-electron chi connectivity index (χ0n) is 12.4. The highest BCUT2D eigenvalue weighted by atomic mass is 32.2. The summed E-state index contributed by atoms with van der Waals surface area (Å²) in [6, 6.07) is 0.544. The molecule has 0 aromatic carbocycles. The van der Waals surface area contributed by atoms with E-state index in [2.05, 4.69) is 33.0 Å². The average molecular weight is 268 g/mol. The Morgan fingerprint density at radius 1 is 1.33 bits per heavy atom. The first-order chi connectivity index (χ1) is 8.42. The SMILES string of the molecule is CCC1(C)CCSC(=NC2CCCC(C)(C)C2)N1. The van der Waals surface area contributed by atoms with Crippen LogP contribution in [0.2, 0.25) is 0 Å². The van der Waals surface area contributed by atoms with E-state index in [1.807, 2.05) is 11.8 Å². The zero-order valence-corrected chi connectivity index (χ0v) is 13.2. The lowest BCUT2D eigenvalue weighted by Crippen LogP contribution is -2.48. The Hall–Kier alpha value is -0.180. The van der Waals surface area contributed by atoms with Gasteiger partial charge in [0.15, 0.2) is 5.17 Å². The Bertz CT molecular complexity index is 324. The molecule has 1 N–H and O–H groups in total. The van der Waals surface area contributed by atoms with Crippen molar-refractivity contribution >= 4 is 16.9 Å². The topological polar surface area (TPSA) is 24.4 Å². The van der Waals surface area contributed by atoms with Crippen molar-refractivity contribution in [1.29, 1.82) is 0 Å². The molecule has 0 radical (unpaired) electrons. The molecule has 1 heterocycles. The fraction of sp³-hybridized carbons (Fsp3) is 0.933. The van der Waals surface area contributed by atoms with Gasteiger partial charge in [-0.05, 0) is 44.4 Å². The number of nitrogens with one attached hydrogen (secondary N) is 1. The number of amidine groups is 1. The number of hydrogen-bond donors (Lipinski definition) is 1. The molecule has 1 saturated heterocycles. The molecule has 3 heteroatoms. The van der Waals surface area contributed by atoms with Crippen LogP contribution in [-0.2, 0) is 0 Å². The van der Waals surface area contributed by atoms with Crippen molar-refractivity contribution in [2.45, 2.75) is 77.8 Å². The number of rotatable bonds is 2. The monoisotopic (exact) mass is 268 g/mol. The molecule has 2 nitrogen and oxygen atoms in total. The normalized spacial score (nSPS) is 38.4. The van der Waals surface area contributed by atoms with E-state index < -0.39 is 0 Å². The van der Waals surface area contributed by atoms with E-state index in [-0.39, 0.29) is 5.54 Å². The number of nitrogens with zero attached hydrogens (tertiary/aromatic N) is 1. The maximum Gasteiger partial charge on any atom is 0.157 e. The first kappa shape index (κ1) is 14.2. The summed E-state index contributed by atoms with van der Waals surface area (Å²) >= 11 is 1.91. The Morgan fingerprint density at radius 3 is 2.78 bits per heavy atom. The predicted octanol–water partition coefficient (Wildman–Crippen LogP) is 4.21. The van der Waals surface area contributed by atoms with Crippen LogP contribution >= 0.6 is 11.8 Å². The van der Waals surface area contributed by atoms with E-state index in [9.17, 15) is 0 Å². The molecule has 2 aliphatic rings. The third kappa shape index (κ3) is 3.66. The Morgan fingerprint density at radius 2 is 2.11 bits per heavy atom. The van der Waals surface area contributed by atoms with E-state index in [0.717, 1.165) is 0 Å². The molecule has 104 valence electrons. The van der Waals surface area contributed by atoms with Gasteiger partial charge in [0.2, 0.25) is 0 Å². The van der Waals surface area contributed by atoms with E-state index in [4.69, 9.17) is 4.99 Å². The third-order valence-corrected chi connectivity index (χ3v) is 5.45. The molecule has 1 saturated carbocycles. The van der Waals surface area contributed by atoms with Gasteiger partial charge in [0.05, 0.1) is 6.04 Å². The van der Waals surface area contributed by atoms with Gasteiger partial charge in [-0.25, -0.2) is 0 Å². The van der Waals surface area contributed by atoms with Gasteiger partial charge >= 0.3 is 0 Å². The quantitative estimate of drug-likeness (QED) is 0.811. The molecule has 2 rings (SSSR count). The van der Waals surface area contributed by atoms with Gasteiger partial charge in [0, 0.05) is 11.3 Å². The maximum atomic E-state index is 5.00. The van der Waals surface area contributed by atoms with Gasteiger partial charge in [0.1, 0.15) is 0 Å². The predicted molar refractivity (Wildman–Crippen MR) is 82.4 cm³/mol. The van der Waals surface area contributed by atoms with Crippen molar-refractivity contribution in [1.82, 2.24) is 5.32 Å². The summed E-state index contributed by atoms with van der Waals surface area (Å²) in [6.45, 7) is 9.37. The summed E-state index contributed by atoms with van der Waals surface area (Å²) in [7, 11) is 0. The van der Waals surface area contributed by atoms with E-state index in [1.54, 1.807) is 0 Å². The lowest BCUT2D eigenvalue weighted by Gasteiger charge is -2.37. The van der Waals surface area contributed by atoms with E-state index >= 15 is 0 Å². The van der Waals surface area contributed by atoms with Crippen LogP contribution in [0.4, 0.5) is 0 Å². The van der Waals surface area contributed by atoms with Crippen LogP contribution in [0.15, 0.2) is 4.99 Å². The second-order valence-corrected chi connectivity index (χ2v) is 8.07. The van der Waals surface area contributed by atoms with Gasteiger partial charge in [-0.3, -0.25) is 4.99 Å². The minimum Gasteiger partial charge on any atom is -0.360 e. The zero-order chi connectivity index (χ0) is 13.2. The molecule has 0 aromatic heterocycles. The van der Waals surface area contributed by atoms with Crippen molar-refractivity contribution in [2.75, 3.05) is 5.75 Å². The van der Waals surface area contributed by atoms with Crippen LogP contribution in [0.1, 0.15) is 66.2 Å². The average Bonchev–Trinajstić information content (AvgIpc) is 2.28. The van der Waals surface area contributed by atoms with Crippen LogP contribution in [0, 0.1) is 5.41 Å². The highest BCUT2D eigenvalue weighted by Crippen LogP contribution is 2.37. The van der Waals surface area contributed by atoms with Crippen LogP contribution in [0.25, 0.3) is 0 Å². The standard InChI is InChI=1S/C15H28N2S/c1-5-15(4)9-10-18-13(17-15)16-12-7-6-8-14(2,3)11-12/h12H,5-11H2,1-4H3,(H,16,17). The summed E-state index contributed by atoms with van der Waals surface area (Å²) < 4.78 is 0. The van der Waals surface area contributed by atoms with Gasteiger partial charge in [-0.1, -0.05) is 39.0 Å². The Balaban J connectivity index is 2.00. The van der Waals surface area contributed by atoms with Crippen molar-refractivity contribution in [3.05, 3.63) is 0 Å². The third-order valence-electron chi connectivity index (χ3n) is 4.56. The van der Waals surface area contributed by atoms with E-state index in [1.165, 1.54) is 49.4 Å². The maximum absolute atomic E-state index is 5.00. The summed E-state index contributed by atoms with van der Waals surface area (Å²) in [5.74, 6) is 1.21. The molecule has 1 aliphatic carbocycles. The first-order valence-corrected chi connectivity index (χ1v) is 8.40. The number of aliphatic imine (C=N–C) groups is 1. The fourth-order valence-corrected chi connectivity index (χ4v) is 4.29. The second-order valence-electron chi connectivity index (χ2n) is 6.99. The number of thioether (sulfide) groups is 1. The molecular weight excluding hydrogens is 240 g/mol. The Kier molecular flexibility index (Phi) is 4.30. The van der Waals surface area contributed by atoms with Crippen LogP contribution < -0.4 is 5.32 Å². The molecule has 18 heavy (non-hydrogen) atoms. The molecule has 0 aromatic rings. The van der Waals surface area contributed by atoms with Crippen LogP contribution in [-0.4, -0.2) is 22.5 Å². The van der Waals surface area contributed by atoms with Gasteiger partial charge < -0.3 is 5.32 Å². The van der Waals surface area contributed by atoms with Gasteiger partial charge in [-0.15, -0.1) is 0 Å². The molecule has 2 unspecified atom stereocenters. The highest BCUT2D eigenvalue weighted by Gasteiger charge is 2.31. The Labute approximate surface area is 116 Å². The molecule has 0 amide bonds. The first-order valence-electron chi connectivity index (χ1n) is 7.41. The second kappa shape index (κ2) is 5.44. The molecule has 1 aliphatic heterocycles. The molecular formula is C15H28N2S. The highest BCUT2D eigenvalue weighted by molar-refractivity contribution is 8.13. The van der Waals surface area contributed by atoms with Crippen molar-refractivity contribution in [2.24, 2.45) is 10.4 Å². The van der Waals surface area contributed by atoms with Crippen molar-refractivity contribution < 1.29 is 0 Å². The summed E-state index contributed by atoms with van der Waals surface area (Å²) in [5, 5.41) is 4.87. The lowest BCUT2D eigenvalue weighted by atomic mass is 9.75. The van der Waals surface area contributed by atoms with Gasteiger partial charge in [-0.2, -0.15) is 0 Å². The van der Waals surface area contributed by atoms with E-state index in [0.29, 0.717) is 11.5 Å². The van der Waals surface area contributed by atoms with Crippen molar-refractivity contribution in [3.8, 4) is 0 Å². The lowest BCUT2D eigenvalue weighted by molar-refractivity contribution is 0.221. The molecule has 2 atom stereocenters. The summed E-state index contributed by atoms with van der Waals surface area (Å²) in [5.41, 5.74) is 0.759. The minimum atomic E-state index is 0.272.